The van der Waals surface area contributed by atoms with Crippen molar-refractivity contribution in [2.24, 2.45) is 0 Å². The Morgan fingerprint density at radius 2 is 1.88 bits per heavy atom. The van der Waals surface area contributed by atoms with Crippen molar-refractivity contribution in [2.75, 3.05) is 18.8 Å². The van der Waals surface area contributed by atoms with E-state index in [1.807, 2.05) is 36.9 Å². The van der Waals surface area contributed by atoms with Crippen molar-refractivity contribution < 1.29 is 8.42 Å². The standard InChI is InChI=1S/C18H20ClNO2S2/c1-14-7-8-16(19)13-18(14)24(21,22)20-10-9-17(23-12-11-20)15-5-3-2-4-6-15/h2-8,13,17H,9-12H2,1H3. The maximum absolute atomic E-state index is 13.0. The molecule has 0 spiro atoms. The molecule has 3 nitrogen and oxygen atoms in total. The molecule has 3 rings (SSSR count). The first-order valence-corrected chi connectivity index (χ1v) is 10.8. The van der Waals surface area contributed by atoms with E-state index >= 15 is 0 Å². The summed E-state index contributed by atoms with van der Waals surface area (Å²) in [6.07, 6.45) is 0.813. The molecule has 1 unspecified atom stereocenters. The Hall–Kier alpha value is -1.01. The van der Waals surface area contributed by atoms with Crippen LogP contribution in [-0.2, 0) is 10.0 Å². The molecule has 24 heavy (non-hydrogen) atoms. The van der Waals surface area contributed by atoms with E-state index in [1.54, 1.807) is 22.5 Å². The van der Waals surface area contributed by atoms with Crippen LogP contribution in [0.1, 0.15) is 22.8 Å². The first kappa shape index (κ1) is 17.8. The summed E-state index contributed by atoms with van der Waals surface area (Å²) in [5, 5.41) is 0.789. The maximum Gasteiger partial charge on any atom is 0.243 e. The fourth-order valence-corrected chi connectivity index (χ4v) is 6.21. The fourth-order valence-electron chi connectivity index (χ4n) is 2.92. The Bertz CT molecular complexity index is 809. The van der Waals surface area contributed by atoms with Gasteiger partial charge in [-0.1, -0.05) is 48.0 Å². The van der Waals surface area contributed by atoms with Crippen LogP contribution in [0.4, 0.5) is 0 Å². The summed E-state index contributed by atoms with van der Waals surface area (Å²) >= 11 is 7.84. The molecular formula is C18H20ClNO2S2. The molecule has 2 aromatic rings. The predicted molar refractivity (Wildman–Crippen MR) is 101 cm³/mol. The van der Waals surface area contributed by atoms with Crippen LogP contribution in [-0.4, -0.2) is 31.6 Å². The molecule has 0 saturated carbocycles. The van der Waals surface area contributed by atoms with Crippen LogP contribution in [0.25, 0.3) is 0 Å². The van der Waals surface area contributed by atoms with E-state index in [2.05, 4.69) is 12.1 Å². The van der Waals surface area contributed by atoms with Gasteiger partial charge in [-0.15, -0.1) is 0 Å². The highest BCUT2D eigenvalue weighted by molar-refractivity contribution is 7.99. The average molecular weight is 382 g/mol. The number of rotatable bonds is 3. The number of hydrogen-bond acceptors (Lipinski definition) is 3. The minimum atomic E-state index is -3.51. The molecule has 2 aromatic carbocycles. The first-order valence-electron chi connectivity index (χ1n) is 7.91. The second kappa shape index (κ2) is 7.48. The summed E-state index contributed by atoms with van der Waals surface area (Å²) in [5.41, 5.74) is 2.00. The van der Waals surface area contributed by atoms with Gasteiger partial charge in [-0.05, 0) is 36.6 Å². The lowest BCUT2D eigenvalue weighted by atomic mass is 10.1. The van der Waals surface area contributed by atoms with E-state index in [4.69, 9.17) is 11.6 Å². The molecule has 1 saturated heterocycles. The fraction of sp³-hybridized carbons (Fsp3) is 0.333. The molecule has 0 amide bonds. The molecule has 0 aliphatic carbocycles. The Morgan fingerprint density at radius 1 is 1.12 bits per heavy atom. The first-order chi connectivity index (χ1) is 11.5. The van der Waals surface area contributed by atoms with E-state index < -0.39 is 10.0 Å². The highest BCUT2D eigenvalue weighted by Crippen LogP contribution is 2.35. The molecule has 1 aliphatic rings. The Labute approximate surface area is 153 Å². The SMILES string of the molecule is Cc1ccc(Cl)cc1S(=O)(=O)N1CCSC(c2ccccc2)CC1. The number of aryl methyl sites for hydroxylation is 1. The summed E-state index contributed by atoms with van der Waals surface area (Å²) in [5.74, 6) is 0.790. The number of hydrogen-bond donors (Lipinski definition) is 0. The van der Waals surface area contributed by atoms with Gasteiger partial charge in [0.1, 0.15) is 0 Å². The third-order valence-electron chi connectivity index (χ3n) is 4.24. The van der Waals surface area contributed by atoms with Gasteiger partial charge in [0.05, 0.1) is 4.90 Å². The molecular weight excluding hydrogens is 362 g/mol. The molecule has 1 fully saturated rings. The van der Waals surface area contributed by atoms with Gasteiger partial charge in [-0.2, -0.15) is 16.1 Å². The molecule has 128 valence electrons. The molecule has 1 atom stereocenters. The predicted octanol–water partition coefficient (Wildman–Crippen LogP) is 4.52. The summed E-state index contributed by atoms with van der Waals surface area (Å²) in [4.78, 5) is 0.318. The van der Waals surface area contributed by atoms with Crippen molar-refractivity contribution >= 4 is 33.4 Å². The van der Waals surface area contributed by atoms with Crippen molar-refractivity contribution in [2.45, 2.75) is 23.5 Å². The van der Waals surface area contributed by atoms with Crippen LogP contribution in [0.15, 0.2) is 53.4 Å². The molecule has 0 N–H and O–H groups in total. The summed E-state index contributed by atoms with van der Waals surface area (Å²) in [7, 11) is -3.51. The van der Waals surface area contributed by atoms with Crippen LogP contribution < -0.4 is 0 Å². The Kier molecular flexibility index (Phi) is 5.55. The van der Waals surface area contributed by atoms with E-state index in [-0.39, 0.29) is 0 Å². The van der Waals surface area contributed by atoms with E-state index in [0.29, 0.717) is 28.3 Å². The van der Waals surface area contributed by atoms with Crippen LogP contribution in [0.3, 0.4) is 0 Å². The van der Waals surface area contributed by atoms with Crippen molar-refractivity contribution in [1.82, 2.24) is 4.31 Å². The highest BCUT2D eigenvalue weighted by atomic mass is 35.5. The topological polar surface area (TPSA) is 37.4 Å². The third kappa shape index (κ3) is 3.80. The highest BCUT2D eigenvalue weighted by Gasteiger charge is 2.29. The quantitative estimate of drug-likeness (QED) is 0.784. The van der Waals surface area contributed by atoms with Crippen molar-refractivity contribution in [1.29, 1.82) is 0 Å². The lowest BCUT2D eigenvalue weighted by Gasteiger charge is -2.21. The van der Waals surface area contributed by atoms with Crippen molar-refractivity contribution in [3.05, 3.63) is 64.7 Å². The minimum Gasteiger partial charge on any atom is -0.207 e. The van der Waals surface area contributed by atoms with E-state index in [1.165, 1.54) is 5.56 Å². The zero-order valence-electron chi connectivity index (χ0n) is 13.5. The second-order valence-electron chi connectivity index (χ2n) is 5.87. The van der Waals surface area contributed by atoms with Crippen LogP contribution in [0, 0.1) is 6.92 Å². The monoisotopic (exact) mass is 381 g/mol. The number of thioether (sulfide) groups is 1. The van der Waals surface area contributed by atoms with Gasteiger partial charge in [-0.25, -0.2) is 8.42 Å². The maximum atomic E-state index is 13.0. The normalized spacial score (nSPS) is 19.8. The van der Waals surface area contributed by atoms with Crippen LogP contribution >= 0.6 is 23.4 Å². The van der Waals surface area contributed by atoms with Gasteiger partial charge >= 0.3 is 0 Å². The number of nitrogens with zero attached hydrogens (tertiary/aromatic N) is 1. The van der Waals surface area contributed by atoms with Gasteiger partial charge in [0.15, 0.2) is 0 Å². The lowest BCUT2D eigenvalue weighted by Crippen LogP contribution is -2.33. The van der Waals surface area contributed by atoms with Crippen LogP contribution in [0.5, 0.6) is 0 Å². The lowest BCUT2D eigenvalue weighted by molar-refractivity contribution is 0.427. The zero-order valence-corrected chi connectivity index (χ0v) is 15.9. The van der Waals surface area contributed by atoms with Crippen LogP contribution in [0.2, 0.25) is 5.02 Å². The molecule has 0 radical (unpaired) electrons. The zero-order chi connectivity index (χ0) is 17.2. The number of halogens is 1. The molecule has 1 aliphatic heterocycles. The van der Waals surface area contributed by atoms with E-state index in [0.717, 1.165) is 17.7 Å². The Balaban J connectivity index is 1.81. The van der Waals surface area contributed by atoms with Gasteiger partial charge in [0, 0.05) is 29.1 Å². The van der Waals surface area contributed by atoms with Crippen molar-refractivity contribution in [3.63, 3.8) is 0 Å². The molecule has 6 heteroatoms. The minimum absolute atomic E-state index is 0.318. The average Bonchev–Trinajstić information content (AvgIpc) is 2.84. The summed E-state index contributed by atoms with van der Waals surface area (Å²) in [6.45, 7) is 2.87. The van der Waals surface area contributed by atoms with Gasteiger partial charge in [-0.3, -0.25) is 0 Å². The van der Waals surface area contributed by atoms with Gasteiger partial charge in [0.2, 0.25) is 10.0 Å². The Morgan fingerprint density at radius 3 is 2.62 bits per heavy atom. The third-order valence-corrected chi connectivity index (χ3v) is 7.84. The number of sulfonamides is 1. The molecule has 0 bridgehead atoms. The summed E-state index contributed by atoms with van der Waals surface area (Å²) in [6, 6.07) is 15.3. The second-order valence-corrected chi connectivity index (χ2v) is 9.53. The van der Waals surface area contributed by atoms with E-state index in [9.17, 15) is 8.42 Å². The molecule has 0 aromatic heterocycles. The van der Waals surface area contributed by atoms with Gasteiger partial charge < -0.3 is 0 Å². The smallest absolute Gasteiger partial charge is 0.207 e. The van der Waals surface area contributed by atoms with Crippen molar-refractivity contribution in [3.8, 4) is 0 Å². The largest absolute Gasteiger partial charge is 0.243 e. The van der Waals surface area contributed by atoms with Gasteiger partial charge in [0.25, 0.3) is 0 Å². The number of benzene rings is 2. The molecule has 1 heterocycles. The summed E-state index contributed by atoms with van der Waals surface area (Å²) < 4.78 is 27.6.